The molecule has 6 nitrogen and oxygen atoms in total. The van der Waals surface area contributed by atoms with Crippen LogP contribution in [0.1, 0.15) is 30.9 Å². The van der Waals surface area contributed by atoms with Crippen LogP contribution >= 0.6 is 0 Å². The Morgan fingerprint density at radius 2 is 2.00 bits per heavy atom. The van der Waals surface area contributed by atoms with Crippen molar-refractivity contribution in [2.24, 2.45) is 0 Å². The smallest absolute Gasteiger partial charge is 0.236 e. The molecule has 2 rings (SSSR count). The minimum atomic E-state index is -0.576. The molecule has 0 aromatic heterocycles. The number of rotatable bonds is 7. The minimum absolute atomic E-state index is 0.0646. The number of benzene rings is 1. The van der Waals surface area contributed by atoms with Gasteiger partial charge in [0, 0.05) is 25.7 Å². The Hall–Kier alpha value is -2.48. The van der Waals surface area contributed by atoms with Crippen molar-refractivity contribution in [1.82, 2.24) is 9.80 Å². The lowest BCUT2D eigenvalue weighted by molar-refractivity contribution is -0.132. The number of aliphatic hydroxyl groups excluding tert-OH is 1. The number of carbonyl (C=O) groups is 1. The lowest BCUT2D eigenvalue weighted by Gasteiger charge is -2.28. The lowest BCUT2D eigenvalue weighted by Crippen LogP contribution is -2.41. The highest BCUT2D eigenvalue weighted by Gasteiger charge is 2.34. The molecule has 0 spiro atoms. The van der Waals surface area contributed by atoms with E-state index in [1.165, 1.54) is 17.0 Å². The maximum Gasteiger partial charge on any atom is 0.236 e. The van der Waals surface area contributed by atoms with Gasteiger partial charge in [0.15, 0.2) is 0 Å². The van der Waals surface area contributed by atoms with Crippen molar-refractivity contribution in [3.05, 3.63) is 35.6 Å². The molecule has 25 heavy (non-hydrogen) atoms. The van der Waals surface area contributed by atoms with Crippen molar-refractivity contribution in [2.45, 2.75) is 31.4 Å². The maximum atomic E-state index is 13.5. The van der Waals surface area contributed by atoms with Gasteiger partial charge in [0.2, 0.25) is 5.91 Å². The Bertz CT molecular complexity index is 664. The Kier molecular flexibility index (Phi) is 6.88. The number of aliphatic hydroxyl groups is 1. The Balaban J connectivity index is 2.08. The highest BCUT2D eigenvalue weighted by molar-refractivity contribution is 5.78. The summed E-state index contributed by atoms with van der Waals surface area (Å²) in [4.78, 5) is 15.9. The largest absolute Gasteiger partial charge is 0.392 e. The zero-order chi connectivity index (χ0) is 18.2. The molecule has 1 fully saturated rings. The summed E-state index contributed by atoms with van der Waals surface area (Å²) >= 11 is 0. The number of carbonyl (C=O) groups excluding carboxylic acids is 1. The first-order chi connectivity index (χ1) is 12.0. The highest BCUT2D eigenvalue weighted by Crippen LogP contribution is 2.32. The summed E-state index contributed by atoms with van der Waals surface area (Å²) in [5.74, 6) is -0.546. The maximum absolute atomic E-state index is 13.5. The number of hydrogen-bond donors (Lipinski definition) is 1. The van der Waals surface area contributed by atoms with Crippen LogP contribution in [0.25, 0.3) is 0 Å². The fourth-order valence-electron chi connectivity index (χ4n) is 3.12. The van der Waals surface area contributed by atoms with Gasteiger partial charge in [0.05, 0.1) is 37.6 Å². The summed E-state index contributed by atoms with van der Waals surface area (Å²) in [7, 11) is 0. The van der Waals surface area contributed by atoms with Crippen molar-refractivity contribution in [3.63, 3.8) is 0 Å². The fourth-order valence-corrected chi connectivity index (χ4v) is 3.12. The molecule has 0 bridgehead atoms. The van der Waals surface area contributed by atoms with Gasteiger partial charge in [-0.05, 0) is 24.1 Å². The molecule has 0 aliphatic carbocycles. The SMILES string of the molecule is N#CCCN(CCC#N)C(=O)CN1C[C@H](O)C[C@H]1c1cccc(F)c1. The predicted molar refractivity (Wildman–Crippen MR) is 88.4 cm³/mol. The molecule has 0 radical (unpaired) electrons. The second-order valence-electron chi connectivity index (χ2n) is 6.09. The van der Waals surface area contributed by atoms with E-state index in [-0.39, 0.29) is 50.2 Å². The van der Waals surface area contributed by atoms with Gasteiger partial charge < -0.3 is 10.0 Å². The lowest BCUT2D eigenvalue weighted by atomic mass is 10.0. The van der Waals surface area contributed by atoms with Crippen LogP contribution in [0.4, 0.5) is 4.39 Å². The summed E-state index contributed by atoms with van der Waals surface area (Å²) in [5.41, 5.74) is 0.727. The number of halogens is 1. The molecule has 132 valence electrons. The van der Waals surface area contributed by atoms with E-state index < -0.39 is 6.10 Å². The van der Waals surface area contributed by atoms with Gasteiger partial charge >= 0.3 is 0 Å². The number of likely N-dealkylation sites (tertiary alicyclic amines) is 1. The number of nitrogens with zero attached hydrogens (tertiary/aromatic N) is 4. The molecule has 1 heterocycles. The van der Waals surface area contributed by atoms with Crippen LogP contribution in [-0.2, 0) is 4.79 Å². The molecule has 2 atom stereocenters. The molecule has 1 amide bonds. The summed E-state index contributed by atoms with van der Waals surface area (Å²) < 4.78 is 13.5. The van der Waals surface area contributed by atoms with Gasteiger partial charge in [-0.1, -0.05) is 12.1 Å². The van der Waals surface area contributed by atoms with E-state index in [1.807, 2.05) is 17.0 Å². The third-order valence-corrected chi connectivity index (χ3v) is 4.29. The first-order valence-corrected chi connectivity index (χ1v) is 8.24. The molecule has 1 aromatic rings. The summed E-state index contributed by atoms with van der Waals surface area (Å²) in [5, 5.41) is 27.4. The predicted octanol–water partition coefficient (Wildman–Crippen LogP) is 1.59. The Labute approximate surface area is 146 Å². The molecule has 1 aliphatic rings. The van der Waals surface area contributed by atoms with Crippen molar-refractivity contribution >= 4 is 5.91 Å². The van der Waals surface area contributed by atoms with Crippen molar-refractivity contribution in [2.75, 3.05) is 26.2 Å². The van der Waals surface area contributed by atoms with Crippen LogP contribution in [-0.4, -0.2) is 53.1 Å². The normalized spacial score (nSPS) is 20.0. The first kappa shape index (κ1) is 18.9. The van der Waals surface area contributed by atoms with Gasteiger partial charge in [0.25, 0.3) is 0 Å². The Morgan fingerprint density at radius 3 is 2.60 bits per heavy atom. The molecule has 1 aromatic carbocycles. The zero-order valence-electron chi connectivity index (χ0n) is 13.9. The number of nitriles is 2. The van der Waals surface area contributed by atoms with Crippen LogP contribution < -0.4 is 0 Å². The van der Waals surface area contributed by atoms with Gasteiger partial charge in [0.1, 0.15) is 5.82 Å². The molecular formula is C18H21FN4O2. The minimum Gasteiger partial charge on any atom is -0.392 e. The number of hydrogen-bond acceptors (Lipinski definition) is 5. The zero-order valence-corrected chi connectivity index (χ0v) is 13.9. The van der Waals surface area contributed by atoms with Crippen LogP contribution in [0.15, 0.2) is 24.3 Å². The summed E-state index contributed by atoms with van der Waals surface area (Å²) in [6.07, 6.45) is 0.264. The first-order valence-electron chi connectivity index (χ1n) is 8.24. The molecule has 1 saturated heterocycles. The standard InChI is InChI=1S/C18H21FN4O2/c19-15-5-1-4-14(10-15)17-11-16(24)12-23(17)13-18(25)22(8-2-6-20)9-3-7-21/h1,4-5,10,16-17,24H,2-3,8-9,11-13H2/t16-,17+/m1/s1. The number of amides is 1. The highest BCUT2D eigenvalue weighted by atomic mass is 19.1. The second kappa shape index (κ2) is 9.12. The Morgan fingerprint density at radius 1 is 1.32 bits per heavy atom. The molecule has 0 unspecified atom stereocenters. The fraction of sp³-hybridized carbons (Fsp3) is 0.500. The van der Waals surface area contributed by atoms with Gasteiger partial charge in [-0.15, -0.1) is 0 Å². The monoisotopic (exact) mass is 344 g/mol. The van der Waals surface area contributed by atoms with Crippen molar-refractivity contribution in [3.8, 4) is 12.1 Å². The summed E-state index contributed by atoms with van der Waals surface area (Å²) in [6, 6.07) is 9.94. The third-order valence-electron chi connectivity index (χ3n) is 4.29. The molecule has 1 aliphatic heterocycles. The van der Waals surface area contributed by atoms with Gasteiger partial charge in [-0.25, -0.2) is 4.39 Å². The second-order valence-corrected chi connectivity index (χ2v) is 6.09. The van der Waals surface area contributed by atoms with E-state index in [0.29, 0.717) is 13.0 Å². The summed E-state index contributed by atoms with van der Waals surface area (Å²) in [6.45, 7) is 0.947. The van der Waals surface area contributed by atoms with E-state index in [2.05, 4.69) is 0 Å². The van der Waals surface area contributed by atoms with Crippen LogP contribution in [0.5, 0.6) is 0 Å². The van der Waals surface area contributed by atoms with E-state index in [0.717, 1.165) is 5.56 Å². The molecule has 1 N–H and O–H groups in total. The van der Waals surface area contributed by atoms with E-state index >= 15 is 0 Å². The van der Waals surface area contributed by atoms with Crippen LogP contribution in [0, 0.1) is 28.5 Å². The van der Waals surface area contributed by atoms with E-state index in [1.54, 1.807) is 12.1 Å². The van der Waals surface area contributed by atoms with Gasteiger partial charge in [-0.2, -0.15) is 10.5 Å². The van der Waals surface area contributed by atoms with Gasteiger partial charge in [-0.3, -0.25) is 9.69 Å². The quantitative estimate of drug-likeness (QED) is 0.811. The third kappa shape index (κ3) is 5.25. The molecule has 0 saturated carbocycles. The molecular weight excluding hydrogens is 323 g/mol. The van der Waals surface area contributed by atoms with Crippen molar-refractivity contribution < 1.29 is 14.3 Å². The van der Waals surface area contributed by atoms with Crippen LogP contribution in [0.2, 0.25) is 0 Å². The molecule has 7 heteroatoms. The average Bonchev–Trinajstić information content (AvgIpc) is 2.95. The van der Waals surface area contributed by atoms with E-state index in [9.17, 15) is 14.3 Å². The van der Waals surface area contributed by atoms with E-state index in [4.69, 9.17) is 10.5 Å². The van der Waals surface area contributed by atoms with Crippen LogP contribution in [0.3, 0.4) is 0 Å². The van der Waals surface area contributed by atoms with Crippen molar-refractivity contribution in [1.29, 1.82) is 10.5 Å². The average molecular weight is 344 g/mol. The number of β-amino-alcohol motifs (C(OH)–C–C–N with tert-alkyl or cyclic N) is 1. The topological polar surface area (TPSA) is 91.4 Å².